The predicted molar refractivity (Wildman–Crippen MR) is 116 cm³/mol. The highest BCUT2D eigenvalue weighted by atomic mass is 79.9. The summed E-state index contributed by atoms with van der Waals surface area (Å²) in [4.78, 5) is 20.1. The Morgan fingerprint density at radius 1 is 1.10 bits per heavy atom. The molecule has 0 aliphatic heterocycles. The van der Waals surface area contributed by atoms with E-state index >= 15 is 0 Å². The summed E-state index contributed by atoms with van der Waals surface area (Å²) in [7, 11) is 0. The van der Waals surface area contributed by atoms with Crippen LogP contribution in [0, 0.1) is 11.6 Å². The van der Waals surface area contributed by atoms with Gasteiger partial charge in [-0.3, -0.25) is 4.79 Å². The molecule has 0 saturated heterocycles. The fraction of sp³-hybridized carbons (Fsp3) is 0.227. The lowest BCUT2D eigenvalue weighted by atomic mass is 9.98. The molecule has 0 aliphatic rings. The molecular weight excluding hydrogens is 454 g/mol. The highest BCUT2D eigenvalue weighted by Gasteiger charge is 2.12. The maximum Gasteiger partial charge on any atom is 0.248 e. The van der Waals surface area contributed by atoms with Crippen LogP contribution >= 0.6 is 15.9 Å². The molecule has 0 atom stereocenters. The monoisotopic (exact) mass is 474 g/mol. The number of nitrogens with two attached hydrogens (primary N) is 1. The topological polar surface area (TPSA) is 80.9 Å². The third-order valence-corrected chi connectivity index (χ3v) is 5.10. The Kier molecular flexibility index (Phi) is 7.10. The fourth-order valence-corrected chi connectivity index (χ4v) is 3.61. The van der Waals surface area contributed by atoms with Gasteiger partial charge in [0.05, 0.1) is 5.69 Å². The molecule has 0 saturated carbocycles. The number of hydrogen-bond acceptors (Lipinski definition) is 4. The third kappa shape index (κ3) is 5.18. The van der Waals surface area contributed by atoms with Gasteiger partial charge in [-0.05, 0) is 42.7 Å². The molecule has 3 aromatic rings. The summed E-state index contributed by atoms with van der Waals surface area (Å²) >= 11 is 3.07. The Bertz CT molecular complexity index is 1050. The SMILES string of the molecule is CCCc1cc(-c2cc(NCCc3c(F)cc(Br)cc3F)ncn2)ccc1C(N)=O. The molecule has 3 rings (SSSR count). The smallest absolute Gasteiger partial charge is 0.248 e. The van der Waals surface area contributed by atoms with E-state index in [1.54, 1.807) is 18.2 Å². The molecule has 3 N–H and O–H groups in total. The van der Waals surface area contributed by atoms with Crippen LogP contribution in [0.15, 0.2) is 47.2 Å². The number of rotatable bonds is 8. The second-order valence-electron chi connectivity index (χ2n) is 6.80. The Hall–Kier alpha value is -2.87. The van der Waals surface area contributed by atoms with Crippen LogP contribution in [0.1, 0.15) is 34.8 Å². The number of aromatic nitrogens is 2. The van der Waals surface area contributed by atoms with E-state index < -0.39 is 17.5 Å². The number of carbonyl (C=O) groups is 1. The van der Waals surface area contributed by atoms with E-state index in [0.717, 1.165) is 24.0 Å². The van der Waals surface area contributed by atoms with Gasteiger partial charge in [-0.15, -0.1) is 0 Å². The number of aryl methyl sites for hydroxylation is 1. The van der Waals surface area contributed by atoms with E-state index in [9.17, 15) is 13.6 Å². The zero-order valence-corrected chi connectivity index (χ0v) is 18.0. The van der Waals surface area contributed by atoms with Crippen molar-refractivity contribution in [3.05, 3.63) is 75.5 Å². The van der Waals surface area contributed by atoms with Gasteiger partial charge in [-0.25, -0.2) is 18.7 Å². The molecule has 0 unspecified atom stereocenters. The zero-order valence-electron chi connectivity index (χ0n) is 16.4. The molecule has 1 aromatic heterocycles. The molecule has 1 amide bonds. The predicted octanol–water partition coefficient (Wildman–Crippen LogP) is 4.89. The van der Waals surface area contributed by atoms with Crippen LogP contribution in [0.2, 0.25) is 0 Å². The lowest BCUT2D eigenvalue weighted by Crippen LogP contribution is -2.13. The summed E-state index contributed by atoms with van der Waals surface area (Å²) in [6.07, 6.45) is 3.19. The number of nitrogens with one attached hydrogen (secondary N) is 1. The van der Waals surface area contributed by atoms with Gasteiger partial charge in [0.2, 0.25) is 5.91 Å². The second-order valence-corrected chi connectivity index (χ2v) is 7.72. The molecule has 30 heavy (non-hydrogen) atoms. The van der Waals surface area contributed by atoms with Crippen molar-refractivity contribution >= 4 is 27.7 Å². The van der Waals surface area contributed by atoms with Crippen molar-refractivity contribution in [2.45, 2.75) is 26.2 Å². The molecular formula is C22H21BrF2N4O. The van der Waals surface area contributed by atoms with Crippen LogP contribution in [0.3, 0.4) is 0 Å². The molecule has 0 fully saturated rings. The molecule has 0 spiro atoms. The van der Waals surface area contributed by atoms with Crippen molar-refractivity contribution < 1.29 is 13.6 Å². The summed E-state index contributed by atoms with van der Waals surface area (Å²) in [6.45, 7) is 2.33. The Morgan fingerprint density at radius 2 is 1.83 bits per heavy atom. The van der Waals surface area contributed by atoms with Crippen molar-refractivity contribution in [3.8, 4) is 11.3 Å². The Labute approximate surface area is 181 Å². The number of hydrogen-bond donors (Lipinski definition) is 2. The number of primary amides is 1. The third-order valence-electron chi connectivity index (χ3n) is 4.64. The summed E-state index contributed by atoms with van der Waals surface area (Å²) in [5, 5.41) is 3.07. The first kappa shape index (κ1) is 21.8. The van der Waals surface area contributed by atoms with Crippen molar-refractivity contribution in [1.82, 2.24) is 9.97 Å². The standard InChI is InChI=1S/C22H21BrF2N4O/c1-2-3-13-8-14(4-5-16(13)22(26)30)20-11-21(29-12-28-20)27-7-6-17-18(24)9-15(23)10-19(17)25/h4-5,8-12H,2-3,6-7H2,1H3,(H2,26,30)(H,27,28,29). The van der Waals surface area contributed by atoms with Gasteiger partial charge in [-0.1, -0.05) is 35.3 Å². The minimum Gasteiger partial charge on any atom is -0.370 e. The molecule has 0 aliphatic carbocycles. The van der Waals surface area contributed by atoms with E-state index in [1.807, 2.05) is 13.0 Å². The minimum atomic E-state index is -0.593. The Morgan fingerprint density at radius 3 is 2.50 bits per heavy atom. The maximum atomic E-state index is 14.0. The number of amides is 1. The first-order chi connectivity index (χ1) is 14.4. The molecule has 8 heteroatoms. The molecule has 2 aromatic carbocycles. The van der Waals surface area contributed by atoms with Gasteiger partial charge in [0.15, 0.2) is 0 Å². The number of carbonyl (C=O) groups excluding carboxylic acids is 1. The number of halogens is 3. The van der Waals surface area contributed by atoms with Gasteiger partial charge < -0.3 is 11.1 Å². The number of nitrogens with zero attached hydrogens (tertiary/aromatic N) is 2. The summed E-state index contributed by atoms with van der Waals surface area (Å²) < 4.78 is 28.3. The van der Waals surface area contributed by atoms with Crippen LogP contribution in [0.25, 0.3) is 11.3 Å². The average molecular weight is 475 g/mol. The van der Waals surface area contributed by atoms with Gasteiger partial charge in [-0.2, -0.15) is 0 Å². The van der Waals surface area contributed by atoms with E-state index in [2.05, 4.69) is 31.2 Å². The van der Waals surface area contributed by atoms with E-state index in [-0.39, 0.29) is 12.0 Å². The lowest BCUT2D eigenvalue weighted by molar-refractivity contribution is 0.0999. The quantitative estimate of drug-likeness (QED) is 0.486. The van der Waals surface area contributed by atoms with Gasteiger partial charge >= 0.3 is 0 Å². The zero-order chi connectivity index (χ0) is 21.7. The van der Waals surface area contributed by atoms with E-state index in [0.29, 0.717) is 28.1 Å². The van der Waals surface area contributed by atoms with Crippen LogP contribution in [-0.2, 0) is 12.8 Å². The highest BCUT2D eigenvalue weighted by molar-refractivity contribution is 9.10. The van der Waals surface area contributed by atoms with E-state index in [4.69, 9.17) is 5.73 Å². The normalized spacial score (nSPS) is 10.8. The first-order valence-electron chi connectivity index (χ1n) is 9.51. The van der Waals surface area contributed by atoms with Crippen LogP contribution in [-0.4, -0.2) is 22.4 Å². The maximum absolute atomic E-state index is 14.0. The van der Waals surface area contributed by atoms with Crippen molar-refractivity contribution in [2.24, 2.45) is 5.73 Å². The van der Waals surface area contributed by atoms with Crippen molar-refractivity contribution in [2.75, 3.05) is 11.9 Å². The number of anilines is 1. The van der Waals surface area contributed by atoms with Gasteiger partial charge in [0.25, 0.3) is 0 Å². The van der Waals surface area contributed by atoms with Crippen LogP contribution in [0.4, 0.5) is 14.6 Å². The highest BCUT2D eigenvalue weighted by Crippen LogP contribution is 2.24. The van der Waals surface area contributed by atoms with Gasteiger partial charge in [0, 0.05) is 33.8 Å². The second kappa shape index (κ2) is 9.75. The minimum absolute atomic E-state index is 0.0197. The summed E-state index contributed by atoms with van der Waals surface area (Å²) in [6, 6.07) is 9.64. The van der Waals surface area contributed by atoms with Crippen LogP contribution < -0.4 is 11.1 Å². The number of benzene rings is 2. The van der Waals surface area contributed by atoms with Crippen molar-refractivity contribution in [3.63, 3.8) is 0 Å². The van der Waals surface area contributed by atoms with E-state index in [1.165, 1.54) is 18.5 Å². The first-order valence-corrected chi connectivity index (χ1v) is 10.3. The van der Waals surface area contributed by atoms with Crippen molar-refractivity contribution in [1.29, 1.82) is 0 Å². The largest absolute Gasteiger partial charge is 0.370 e. The molecule has 0 bridgehead atoms. The summed E-state index contributed by atoms with van der Waals surface area (Å²) in [5.74, 6) is -1.11. The Balaban J connectivity index is 1.75. The van der Waals surface area contributed by atoms with Gasteiger partial charge in [0.1, 0.15) is 23.8 Å². The van der Waals surface area contributed by atoms with Crippen LogP contribution in [0.5, 0.6) is 0 Å². The fourth-order valence-electron chi connectivity index (χ4n) is 3.21. The lowest BCUT2D eigenvalue weighted by Gasteiger charge is -2.11. The molecule has 5 nitrogen and oxygen atoms in total. The molecule has 156 valence electrons. The molecule has 0 radical (unpaired) electrons. The summed E-state index contributed by atoms with van der Waals surface area (Å²) in [5.41, 5.74) is 8.36. The molecule has 1 heterocycles. The average Bonchev–Trinajstić information content (AvgIpc) is 2.70.